The first-order valence-electron chi connectivity index (χ1n) is 6.24. The summed E-state index contributed by atoms with van der Waals surface area (Å²) in [5, 5.41) is 0. The molecule has 0 aliphatic carbocycles. The van der Waals surface area contributed by atoms with Crippen LogP contribution in [0.25, 0.3) is 11.3 Å². The van der Waals surface area contributed by atoms with Gasteiger partial charge in [0, 0.05) is 23.5 Å². The summed E-state index contributed by atoms with van der Waals surface area (Å²) in [5.41, 5.74) is 1.29. The van der Waals surface area contributed by atoms with Gasteiger partial charge in [-0.05, 0) is 29.8 Å². The topological polar surface area (TPSA) is 34.5 Å². The molecular weight excluding hydrogens is 281 g/mol. The van der Waals surface area contributed by atoms with E-state index < -0.39 is 11.7 Å². The summed E-state index contributed by atoms with van der Waals surface area (Å²) < 4.78 is 44.3. The van der Waals surface area contributed by atoms with Gasteiger partial charge in [-0.15, -0.1) is 0 Å². The average molecular weight is 292 g/mol. The van der Waals surface area contributed by atoms with Crippen molar-refractivity contribution in [2.75, 3.05) is 7.11 Å². The van der Waals surface area contributed by atoms with Gasteiger partial charge in [0.15, 0.2) is 0 Å². The van der Waals surface area contributed by atoms with E-state index in [-0.39, 0.29) is 6.54 Å². The molecule has 1 aliphatic heterocycles. The number of halogens is 3. The van der Waals surface area contributed by atoms with Crippen LogP contribution < -0.4 is 4.74 Å². The molecule has 0 atom stereocenters. The van der Waals surface area contributed by atoms with Crippen molar-refractivity contribution < 1.29 is 17.9 Å². The molecule has 1 aromatic heterocycles. The second kappa shape index (κ2) is 4.87. The van der Waals surface area contributed by atoms with Crippen LogP contribution in [0.3, 0.4) is 0 Å². The predicted molar refractivity (Wildman–Crippen MR) is 72.5 cm³/mol. The van der Waals surface area contributed by atoms with Crippen molar-refractivity contribution in [3.05, 3.63) is 47.2 Å². The number of aliphatic imine (C=N–C) groups is 1. The molecule has 0 N–H and O–H groups in total. The van der Waals surface area contributed by atoms with Gasteiger partial charge in [0.05, 0.1) is 19.2 Å². The van der Waals surface area contributed by atoms with Crippen LogP contribution in [0, 0.1) is 0 Å². The van der Waals surface area contributed by atoms with Crippen molar-refractivity contribution in [1.29, 1.82) is 0 Å². The highest BCUT2D eigenvalue weighted by Crippen LogP contribution is 2.38. The maximum Gasteiger partial charge on any atom is 0.416 e. The lowest BCUT2D eigenvalue weighted by molar-refractivity contribution is -0.137. The first-order valence-corrected chi connectivity index (χ1v) is 6.24. The number of nitrogens with zero attached hydrogens (tertiary/aromatic N) is 2. The third-order valence-electron chi connectivity index (χ3n) is 3.32. The molecule has 0 radical (unpaired) electrons. The molecule has 1 aromatic carbocycles. The van der Waals surface area contributed by atoms with Crippen LogP contribution in [0.5, 0.6) is 5.75 Å². The number of benzene rings is 1. The second-order valence-electron chi connectivity index (χ2n) is 4.62. The van der Waals surface area contributed by atoms with E-state index in [0.29, 0.717) is 28.1 Å². The number of methoxy groups -OCH3 is 1. The van der Waals surface area contributed by atoms with E-state index in [9.17, 15) is 13.2 Å². The van der Waals surface area contributed by atoms with Crippen molar-refractivity contribution in [1.82, 2.24) is 4.98 Å². The SMILES string of the molecule is COc1cccnc1-c1cc(C(F)(F)F)cc2c1C=NC2. The van der Waals surface area contributed by atoms with Gasteiger partial charge in [0.25, 0.3) is 0 Å². The molecule has 0 bridgehead atoms. The van der Waals surface area contributed by atoms with Gasteiger partial charge >= 0.3 is 6.18 Å². The van der Waals surface area contributed by atoms with E-state index in [0.717, 1.165) is 12.1 Å². The fourth-order valence-electron chi connectivity index (χ4n) is 2.35. The normalized spacial score (nSPS) is 13.3. The van der Waals surface area contributed by atoms with Crippen molar-refractivity contribution in [3.63, 3.8) is 0 Å². The Morgan fingerprint density at radius 3 is 2.76 bits per heavy atom. The van der Waals surface area contributed by atoms with Gasteiger partial charge in [-0.1, -0.05) is 0 Å². The zero-order chi connectivity index (χ0) is 15.0. The van der Waals surface area contributed by atoms with Crippen molar-refractivity contribution >= 4 is 6.21 Å². The molecule has 0 unspecified atom stereocenters. The molecule has 2 heterocycles. The fraction of sp³-hybridized carbons (Fsp3) is 0.200. The van der Waals surface area contributed by atoms with E-state index in [4.69, 9.17) is 4.74 Å². The summed E-state index contributed by atoms with van der Waals surface area (Å²) in [4.78, 5) is 8.22. The Hall–Kier alpha value is -2.37. The average Bonchev–Trinajstić information content (AvgIpc) is 2.93. The van der Waals surface area contributed by atoms with E-state index in [1.54, 1.807) is 18.3 Å². The van der Waals surface area contributed by atoms with Crippen molar-refractivity contribution in [2.45, 2.75) is 12.7 Å². The van der Waals surface area contributed by atoms with Crippen molar-refractivity contribution in [2.24, 2.45) is 4.99 Å². The number of ether oxygens (including phenoxy) is 1. The summed E-state index contributed by atoms with van der Waals surface area (Å²) in [5.74, 6) is 0.430. The molecule has 0 amide bonds. The van der Waals surface area contributed by atoms with Gasteiger partial charge in [-0.2, -0.15) is 13.2 Å². The van der Waals surface area contributed by atoms with E-state index in [1.165, 1.54) is 13.3 Å². The van der Waals surface area contributed by atoms with Gasteiger partial charge in [0.2, 0.25) is 0 Å². The number of pyridine rings is 1. The van der Waals surface area contributed by atoms with Crippen LogP contribution in [-0.2, 0) is 12.7 Å². The minimum Gasteiger partial charge on any atom is -0.494 e. The standard InChI is InChI=1S/C15H11F3N2O/c1-21-13-3-2-4-20-14(13)11-6-10(15(16,17)18)5-9-7-19-8-12(9)11/h2-6,8H,7H2,1H3. The minimum atomic E-state index is -4.41. The monoisotopic (exact) mass is 292 g/mol. The molecule has 108 valence electrons. The smallest absolute Gasteiger partial charge is 0.416 e. The number of rotatable bonds is 2. The van der Waals surface area contributed by atoms with Crippen molar-refractivity contribution in [3.8, 4) is 17.0 Å². The number of aromatic nitrogens is 1. The first kappa shape index (κ1) is 13.6. The summed E-state index contributed by atoms with van der Waals surface area (Å²) >= 11 is 0. The third-order valence-corrected chi connectivity index (χ3v) is 3.32. The van der Waals surface area contributed by atoms with Gasteiger partial charge in [0.1, 0.15) is 11.4 Å². The van der Waals surface area contributed by atoms with Crippen LogP contribution in [-0.4, -0.2) is 18.3 Å². The molecule has 1 aliphatic rings. The molecule has 0 saturated heterocycles. The first-order chi connectivity index (χ1) is 10.0. The van der Waals surface area contributed by atoms with E-state index in [2.05, 4.69) is 9.98 Å². The zero-order valence-electron chi connectivity index (χ0n) is 11.1. The molecule has 3 nitrogen and oxygen atoms in total. The Morgan fingerprint density at radius 2 is 2.05 bits per heavy atom. The molecule has 3 rings (SSSR count). The van der Waals surface area contributed by atoms with Crippen LogP contribution in [0.4, 0.5) is 13.2 Å². The maximum atomic E-state index is 13.0. The molecular formula is C15H11F3N2O. The van der Waals surface area contributed by atoms with Gasteiger partial charge in [-0.25, -0.2) is 0 Å². The Labute approximate surface area is 119 Å². The maximum absolute atomic E-state index is 13.0. The Kier molecular flexibility index (Phi) is 3.16. The number of alkyl halides is 3. The molecule has 0 fully saturated rings. The summed E-state index contributed by atoms with van der Waals surface area (Å²) in [6, 6.07) is 5.58. The summed E-state index contributed by atoms with van der Waals surface area (Å²) in [7, 11) is 1.46. The Bertz CT molecular complexity index is 723. The number of hydrogen-bond donors (Lipinski definition) is 0. The van der Waals surface area contributed by atoms with Crippen LogP contribution in [0.1, 0.15) is 16.7 Å². The van der Waals surface area contributed by atoms with Crippen LogP contribution in [0.15, 0.2) is 35.5 Å². The molecule has 0 spiro atoms. The Morgan fingerprint density at radius 1 is 1.24 bits per heavy atom. The minimum absolute atomic E-state index is 0.251. The number of fused-ring (bicyclic) bond motifs is 1. The van der Waals surface area contributed by atoms with Gasteiger partial charge in [-0.3, -0.25) is 9.98 Å². The molecule has 2 aromatic rings. The summed E-state index contributed by atoms with van der Waals surface area (Å²) in [6.45, 7) is 0.251. The largest absolute Gasteiger partial charge is 0.494 e. The van der Waals surface area contributed by atoms with Gasteiger partial charge < -0.3 is 4.74 Å². The third kappa shape index (κ3) is 2.37. The molecule has 0 saturated carbocycles. The lowest BCUT2D eigenvalue weighted by atomic mass is 9.96. The Balaban J connectivity index is 2.26. The zero-order valence-corrected chi connectivity index (χ0v) is 11.1. The predicted octanol–water partition coefficient (Wildman–Crippen LogP) is 3.71. The van der Waals surface area contributed by atoms with Crippen LogP contribution >= 0.6 is 0 Å². The van der Waals surface area contributed by atoms with E-state index in [1.807, 2.05) is 0 Å². The molecule has 6 heteroatoms. The highest BCUT2D eigenvalue weighted by Gasteiger charge is 2.33. The lowest BCUT2D eigenvalue weighted by Crippen LogP contribution is -2.07. The summed E-state index contributed by atoms with van der Waals surface area (Å²) in [6.07, 6.45) is -1.30. The van der Waals surface area contributed by atoms with E-state index >= 15 is 0 Å². The fourth-order valence-corrected chi connectivity index (χ4v) is 2.35. The highest BCUT2D eigenvalue weighted by molar-refractivity contribution is 5.94. The quantitative estimate of drug-likeness (QED) is 0.845. The molecule has 21 heavy (non-hydrogen) atoms. The second-order valence-corrected chi connectivity index (χ2v) is 4.62. The number of hydrogen-bond acceptors (Lipinski definition) is 3. The lowest BCUT2D eigenvalue weighted by Gasteiger charge is -2.14. The van der Waals surface area contributed by atoms with Crippen LogP contribution in [0.2, 0.25) is 0 Å². The highest BCUT2D eigenvalue weighted by atomic mass is 19.4.